The monoisotopic (exact) mass is 324 g/mol. The highest BCUT2D eigenvalue weighted by Crippen LogP contribution is 2.21. The third-order valence-corrected chi connectivity index (χ3v) is 4.59. The van der Waals surface area contributed by atoms with Crippen molar-refractivity contribution in [2.24, 2.45) is 0 Å². The van der Waals surface area contributed by atoms with E-state index in [1.165, 1.54) is 0 Å². The molecule has 0 unspecified atom stereocenters. The highest BCUT2D eigenvalue weighted by atomic mass is 35.5. The summed E-state index contributed by atoms with van der Waals surface area (Å²) in [5, 5.41) is 3.63. The summed E-state index contributed by atoms with van der Waals surface area (Å²) in [7, 11) is -3.58. The van der Waals surface area contributed by atoms with Crippen molar-refractivity contribution < 1.29 is 8.42 Å². The fourth-order valence-corrected chi connectivity index (χ4v) is 3.35. The van der Waals surface area contributed by atoms with Crippen LogP contribution in [0.4, 0.5) is 5.69 Å². The Bertz CT molecular complexity index is 717. The lowest BCUT2D eigenvalue weighted by Crippen LogP contribution is -2.24. The zero-order valence-corrected chi connectivity index (χ0v) is 13.2. The van der Waals surface area contributed by atoms with Crippen LogP contribution in [-0.4, -0.2) is 15.0 Å². The largest absolute Gasteiger partial charge is 0.384 e. The minimum absolute atomic E-state index is 0.198. The van der Waals surface area contributed by atoms with E-state index in [0.29, 0.717) is 17.3 Å². The maximum Gasteiger partial charge on any atom is 0.242 e. The molecule has 0 radical (unpaired) electrons. The normalized spacial score (nSPS) is 11.3. The maximum absolute atomic E-state index is 12.4. The van der Waals surface area contributed by atoms with Crippen LogP contribution in [0, 0.1) is 0 Å². The van der Waals surface area contributed by atoms with Gasteiger partial charge in [-0.2, -0.15) is 0 Å². The molecule has 0 aliphatic heterocycles. The van der Waals surface area contributed by atoms with E-state index >= 15 is 0 Å². The van der Waals surface area contributed by atoms with Crippen LogP contribution in [0.3, 0.4) is 0 Å². The van der Waals surface area contributed by atoms with Crippen LogP contribution >= 0.6 is 11.6 Å². The van der Waals surface area contributed by atoms with Crippen molar-refractivity contribution in [2.45, 2.75) is 18.4 Å². The molecule has 0 atom stereocenters. The highest BCUT2D eigenvalue weighted by Gasteiger charge is 2.17. The average Bonchev–Trinajstić information content (AvgIpc) is 2.46. The summed E-state index contributed by atoms with van der Waals surface area (Å²) in [5.41, 5.74) is 1.41. The lowest BCUT2D eigenvalue weighted by atomic mass is 10.2. The van der Waals surface area contributed by atoms with E-state index in [1.54, 1.807) is 42.5 Å². The smallest absolute Gasteiger partial charge is 0.242 e. The molecule has 0 spiro atoms. The van der Waals surface area contributed by atoms with Crippen LogP contribution in [0.1, 0.15) is 12.5 Å². The second-order valence-electron chi connectivity index (χ2n) is 4.48. The molecule has 6 heteroatoms. The van der Waals surface area contributed by atoms with Crippen LogP contribution in [0.5, 0.6) is 0 Å². The highest BCUT2D eigenvalue weighted by molar-refractivity contribution is 7.89. The van der Waals surface area contributed by atoms with Gasteiger partial charge in [-0.3, -0.25) is 0 Å². The van der Waals surface area contributed by atoms with Gasteiger partial charge >= 0.3 is 0 Å². The predicted molar refractivity (Wildman–Crippen MR) is 86.1 cm³/mol. The zero-order chi connectivity index (χ0) is 15.3. The van der Waals surface area contributed by atoms with Gasteiger partial charge in [0.05, 0.1) is 5.69 Å². The van der Waals surface area contributed by atoms with Crippen molar-refractivity contribution in [2.75, 3.05) is 11.9 Å². The van der Waals surface area contributed by atoms with Gasteiger partial charge in [-0.05, 0) is 36.8 Å². The van der Waals surface area contributed by atoms with Crippen LogP contribution in [0.25, 0.3) is 0 Å². The molecule has 2 aromatic carbocycles. The summed E-state index contributed by atoms with van der Waals surface area (Å²) in [6, 6.07) is 13.9. The molecule has 0 amide bonds. The number of sulfonamides is 1. The third kappa shape index (κ3) is 4.20. The summed E-state index contributed by atoms with van der Waals surface area (Å²) in [5.74, 6) is 0. The number of benzene rings is 2. The standard InChI is InChI=1S/C15H17ClN2O2S/c1-2-17-14-8-3-4-9-15(14)21(19,20)18-11-12-6-5-7-13(16)10-12/h3-10,17-18H,2,11H2,1H3. The van der Waals surface area contributed by atoms with E-state index < -0.39 is 10.0 Å². The molecule has 0 heterocycles. The minimum atomic E-state index is -3.58. The molecule has 2 aromatic rings. The van der Waals surface area contributed by atoms with Gasteiger partial charge in [0.2, 0.25) is 10.0 Å². The Hall–Kier alpha value is -1.56. The number of rotatable bonds is 6. The molecule has 2 N–H and O–H groups in total. The van der Waals surface area contributed by atoms with Crippen molar-refractivity contribution in [3.63, 3.8) is 0 Å². The van der Waals surface area contributed by atoms with Crippen molar-refractivity contribution >= 4 is 27.3 Å². The first-order valence-corrected chi connectivity index (χ1v) is 8.46. The quantitative estimate of drug-likeness (QED) is 0.857. The second kappa shape index (κ2) is 6.93. The van der Waals surface area contributed by atoms with Gasteiger partial charge in [-0.25, -0.2) is 13.1 Å². The Morgan fingerprint density at radius 3 is 2.57 bits per heavy atom. The Morgan fingerprint density at radius 1 is 1.10 bits per heavy atom. The predicted octanol–water partition coefficient (Wildman–Crippen LogP) is 3.25. The number of para-hydroxylation sites is 1. The Balaban J connectivity index is 2.19. The van der Waals surface area contributed by atoms with E-state index in [0.717, 1.165) is 5.56 Å². The van der Waals surface area contributed by atoms with Gasteiger partial charge in [0, 0.05) is 18.1 Å². The lowest BCUT2D eigenvalue weighted by Gasteiger charge is -2.12. The number of anilines is 1. The van der Waals surface area contributed by atoms with Crippen LogP contribution < -0.4 is 10.0 Å². The Kier molecular flexibility index (Phi) is 5.22. The fourth-order valence-electron chi connectivity index (χ4n) is 1.94. The fraction of sp³-hybridized carbons (Fsp3) is 0.200. The average molecular weight is 325 g/mol. The van der Waals surface area contributed by atoms with Gasteiger partial charge in [-0.1, -0.05) is 35.9 Å². The molecule has 0 fully saturated rings. The van der Waals surface area contributed by atoms with Gasteiger partial charge < -0.3 is 5.32 Å². The molecule has 0 aliphatic rings. The van der Waals surface area contributed by atoms with Gasteiger partial charge in [0.25, 0.3) is 0 Å². The van der Waals surface area contributed by atoms with Crippen molar-refractivity contribution in [3.05, 3.63) is 59.1 Å². The Labute approximate surface area is 130 Å². The van der Waals surface area contributed by atoms with Crippen molar-refractivity contribution in [3.8, 4) is 0 Å². The SMILES string of the molecule is CCNc1ccccc1S(=O)(=O)NCc1cccc(Cl)c1. The number of halogens is 1. The summed E-state index contributed by atoms with van der Waals surface area (Å²) >= 11 is 5.89. The molecule has 4 nitrogen and oxygen atoms in total. The van der Waals surface area contributed by atoms with Crippen LogP contribution in [0.15, 0.2) is 53.4 Å². The minimum Gasteiger partial charge on any atom is -0.384 e. The second-order valence-corrected chi connectivity index (χ2v) is 6.65. The van der Waals surface area contributed by atoms with E-state index in [-0.39, 0.29) is 11.4 Å². The van der Waals surface area contributed by atoms with Crippen LogP contribution in [-0.2, 0) is 16.6 Å². The molecule has 112 valence electrons. The van der Waals surface area contributed by atoms with E-state index in [2.05, 4.69) is 10.0 Å². The number of hydrogen-bond donors (Lipinski definition) is 2. The first kappa shape index (κ1) is 15.8. The van der Waals surface area contributed by atoms with Crippen LogP contribution in [0.2, 0.25) is 5.02 Å². The first-order valence-electron chi connectivity index (χ1n) is 6.60. The number of nitrogens with one attached hydrogen (secondary N) is 2. The molecule has 0 bridgehead atoms. The molecular weight excluding hydrogens is 308 g/mol. The van der Waals surface area contributed by atoms with E-state index in [9.17, 15) is 8.42 Å². The van der Waals surface area contributed by atoms with Gasteiger partial charge in [0.15, 0.2) is 0 Å². The molecule has 21 heavy (non-hydrogen) atoms. The molecule has 2 rings (SSSR count). The maximum atomic E-state index is 12.4. The lowest BCUT2D eigenvalue weighted by molar-refractivity contribution is 0.581. The summed E-state index contributed by atoms with van der Waals surface area (Å²) < 4.78 is 27.4. The Morgan fingerprint density at radius 2 is 1.86 bits per heavy atom. The number of hydrogen-bond acceptors (Lipinski definition) is 3. The molecule has 0 saturated carbocycles. The zero-order valence-electron chi connectivity index (χ0n) is 11.6. The van der Waals surface area contributed by atoms with Gasteiger partial charge in [-0.15, -0.1) is 0 Å². The molecular formula is C15H17ClN2O2S. The summed E-state index contributed by atoms with van der Waals surface area (Å²) in [4.78, 5) is 0.244. The molecule has 0 aromatic heterocycles. The molecule has 0 aliphatic carbocycles. The van der Waals surface area contributed by atoms with Crippen molar-refractivity contribution in [1.29, 1.82) is 0 Å². The van der Waals surface area contributed by atoms with Gasteiger partial charge in [0.1, 0.15) is 4.90 Å². The van der Waals surface area contributed by atoms with Crippen molar-refractivity contribution in [1.82, 2.24) is 4.72 Å². The third-order valence-electron chi connectivity index (χ3n) is 2.90. The van der Waals surface area contributed by atoms with E-state index in [4.69, 9.17) is 11.6 Å². The summed E-state index contributed by atoms with van der Waals surface area (Å²) in [6.45, 7) is 2.77. The topological polar surface area (TPSA) is 58.2 Å². The molecule has 0 saturated heterocycles. The first-order chi connectivity index (χ1) is 10.0. The summed E-state index contributed by atoms with van der Waals surface area (Å²) in [6.07, 6.45) is 0. The van der Waals surface area contributed by atoms with E-state index in [1.807, 2.05) is 13.0 Å².